The first-order valence-electron chi connectivity index (χ1n) is 10.6. The Balaban J connectivity index is 1.33. The summed E-state index contributed by atoms with van der Waals surface area (Å²) in [6.07, 6.45) is 0. The van der Waals surface area contributed by atoms with Gasteiger partial charge in [-0.3, -0.25) is 4.79 Å². The van der Waals surface area contributed by atoms with Gasteiger partial charge in [-0.1, -0.05) is 24.3 Å². The van der Waals surface area contributed by atoms with Crippen LogP contribution in [0.15, 0.2) is 71.6 Å². The van der Waals surface area contributed by atoms with E-state index in [1.165, 1.54) is 19.2 Å². The van der Waals surface area contributed by atoms with Crippen LogP contribution in [-0.2, 0) is 14.8 Å². The van der Waals surface area contributed by atoms with E-state index in [0.29, 0.717) is 41.8 Å². The molecule has 0 radical (unpaired) electrons. The van der Waals surface area contributed by atoms with Gasteiger partial charge >= 0.3 is 0 Å². The molecule has 0 aliphatic carbocycles. The highest BCUT2D eigenvalue weighted by Crippen LogP contribution is 2.33. The van der Waals surface area contributed by atoms with Crippen molar-refractivity contribution in [2.45, 2.75) is 4.90 Å². The number of hydrogen-bond donors (Lipinski definition) is 2. The molecule has 1 aliphatic rings. The molecule has 4 aromatic rings. The number of fused-ring (bicyclic) bond motifs is 2. The Morgan fingerprint density at radius 3 is 2.59 bits per heavy atom. The monoisotopic (exact) mass is 478 g/mol. The molecule has 5 rings (SSSR count). The number of hydrogen-bond acceptors (Lipinski definition) is 6. The van der Waals surface area contributed by atoms with Crippen LogP contribution in [0.25, 0.3) is 22.4 Å². The van der Waals surface area contributed by atoms with Gasteiger partial charge < -0.3 is 19.8 Å². The van der Waals surface area contributed by atoms with Crippen LogP contribution in [0.1, 0.15) is 0 Å². The van der Waals surface area contributed by atoms with Crippen molar-refractivity contribution in [2.75, 3.05) is 32.1 Å². The van der Waals surface area contributed by atoms with Gasteiger partial charge in [0.2, 0.25) is 15.9 Å². The Bertz CT molecular complexity index is 1450. The Morgan fingerprint density at radius 1 is 1.03 bits per heavy atom. The van der Waals surface area contributed by atoms with E-state index in [9.17, 15) is 13.2 Å². The molecule has 1 amide bonds. The van der Waals surface area contributed by atoms with E-state index >= 15 is 0 Å². The van der Waals surface area contributed by atoms with Crippen LogP contribution in [0.3, 0.4) is 0 Å². The highest BCUT2D eigenvalue weighted by molar-refractivity contribution is 7.89. The number of nitrogens with one attached hydrogen (secondary N) is 2. The van der Waals surface area contributed by atoms with Gasteiger partial charge in [-0.15, -0.1) is 0 Å². The van der Waals surface area contributed by atoms with Crippen molar-refractivity contribution in [3.8, 4) is 22.9 Å². The minimum atomic E-state index is -3.92. The average molecular weight is 479 g/mol. The molecular weight excluding hydrogens is 456 g/mol. The molecule has 0 unspecified atom stereocenters. The van der Waals surface area contributed by atoms with Crippen molar-refractivity contribution in [2.24, 2.45) is 0 Å². The number of rotatable bonds is 6. The minimum absolute atomic E-state index is 0.0229. The Labute approximate surface area is 196 Å². The molecule has 34 heavy (non-hydrogen) atoms. The number of para-hydroxylation sites is 3. The maximum Gasteiger partial charge on any atom is 0.243 e. The first-order chi connectivity index (χ1) is 16.4. The summed E-state index contributed by atoms with van der Waals surface area (Å²) in [5, 5.41) is 2.81. The summed E-state index contributed by atoms with van der Waals surface area (Å²) in [5.74, 6) is 0.985. The quantitative estimate of drug-likeness (QED) is 0.440. The third kappa shape index (κ3) is 4.20. The number of likely N-dealkylation sites (N-methyl/N-ethyl adjacent to an activating group) is 1. The van der Waals surface area contributed by atoms with Crippen molar-refractivity contribution in [3.05, 3.63) is 66.7 Å². The van der Waals surface area contributed by atoms with Crippen molar-refractivity contribution in [1.82, 2.24) is 14.3 Å². The standard InChI is InChI=1S/C24H22N4O5S/c1-28(34(30,31)16-10-11-21-22(14-16)33-13-12-32-21)15-23(29)25-18-7-3-2-6-17(18)24-26-19-8-4-5-9-20(19)27-24/h2-11,14H,12-13,15H2,1H3,(H,25,29)(H,26,27). The fourth-order valence-corrected chi connectivity index (χ4v) is 4.86. The normalized spacial score (nSPS) is 13.2. The number of sulfonamides is 1. The average Bonchev–Trinajstić information content (AvgIpc) is 3.28. The number of benzene rings is 3. The largest absolute Gasteiger partial charge is 0.486 e. The van der Waals surface area contributed by atoms with Crippen LogP contribution in [0.4, 0.5) is 5.69 Å². The zero-order chi connectivity index (χ0) is 23.7. The molecule has 0 saturated heterocycles. The van der Waals surface area contributed by atoms with Gasteiger partial charge in [0.05, 0.1) is 28.2 Å². The van der Waals surface area contributed by atoms with Crippen LogP contribution in [0.2, 0.25) is 0 Å². The molecular formula is C24H22N4O5S. The van der Waals surface area contributed by atoms with E-state index in [1.54, 1.807) is 18.2 Å². The number of anilines is 1. The van der Waals surface area contributed by atoms with Gasteiger partial charge in [0.25, 0.3) is 0 Å². The zero-order valence-electron chi connectivity index (χ0n) is 18.3. The molecule has 2 N–H and O–H groups in total. The number of imidazole rings is 1. The van der Waals surface area contributed by atoms with Gasteiger partial charge in [-0.2, -0.15) is 4.31 Å². The maximum atomic E-state index is 13.0. The zero-order valence-corrected chi connectivity index (χ0v) is 19.1. The number of nitrogens with zero attached hydrogens (tertiary/aromatic N) is 2. The molecule has 2 heterocycles. The molecule has 0 spiro atoms. The summed E-state index contributed by atoms with van der Waals surface area (Å²) in [6, 6.07) is 19.3. The van der Waals surface area contributed by atoms with Crippen LogP contribution in [0, 0.1) is 0 Å². The Morgan fingerprint density at radius 2 is 1.76 bits per heavy atom. The Hall–Kier alpha value is -3.89. The highest BCUT2D eigenvalue weighted by Gasteiger charge is 2.25. The summed E-state index contributed by atoms with van der Waals surface area (Å²) < 4.78 is 38.0. The first kappa shape index (κ1) is 21.9. The highest BCUT2D eigenvalue weighted by atomic mass is 32.2. The van der Waals surface area contributed by atoms with E-state index < -0.39 is 15.9 Å². The number of ether oxygens (including phenoxy) is 2. The topological polar surface area (TPSA) is 114 Å². The lowest BCUT2D eigenvalue weighted by molar-refractivity contribution is -0.116. The molecule has 0 bridgehead atoms. The predicted molar refractivity (Wildman–Crippen MR) is 127 cm³/mol. The third-order valence-corrected chi connectivity index (χ3v) is 7.23. The molecule has 1 aliphatic heterocycles. The smallest absolute Gasteiger partial charge is 0.243 e. The molecule has 0 fully saturated rings. The van der Waals surface area contributed by atoms with E-state index in [1.807, 2.05) is 36.4 Å². The van der Waals surface area contributed by atoms with E-state index in [0.717, 1.165) is 15.3 Å². The van der Waals surface area contributed by atoms with Crippen molar-refractivity contribution >= 4 is 32.7 Å². The summed E-state index contributed by atoms with van der Waals surface area (Å²) in [5.41, 5.74) is 2.91. The molecule has 174 valence electrons. The second-order valence-electron chi connectivity index (χ2n) is 7.76. The van der Waals surface area contributed by atoms with E-state index in [2.05, 4.69) is 15.3 Å². The van der Waals surface area contributed by atoms with Gasteiger partial charge in [-0.25, -0.2) is 13.4 Å². The molecule has 3 aromatic carbocycles. The summed E-state index contributed by atoms with van der Waals surface area (Å²) in [6.45, 7) is 0.388. The molecule has 0 saturated carbocycles. The fraction of sp³-hybridized carbons (Fsp3) is 0.167. The van der Waals surface area contributed by atoms with Gasteiger partial charge in [0, 0.05) is 18.7 Å². The van der Waals surface area contributed by atoms with Gasteiger partial charge in [0.15, 0.2) is 11.5 Å². The van der Waals surface area contributed by atoms with Crippen LogP contribution < -0.4 is 14.8 Å². The van der Waals surface area contributed by atoms with Crippen LogP contribution >= 0.6 is 0 Å². The molecule has 10 heteroatoms. The predicted octanol–water partition coefficient (Wildman–Crippen LogP) is 3.26. The lowest BCUT2D eigenvalue weighted by atomic mass is 10.1. The number of H-pyrrole nitrogens is 1. The summed E-state index contributed by atoms with van der Waals surface area (Å²) >= 11 is 0. The maximum absolute atomic E-state index is 13.0. The van der Waals surface area contributed by atoms with Crippen LogP contribution in [-0.4, -0.2) is 55.4 Å². The summed E-state index contributed by atoms with van der Waals surface area (Å²) in [4.78, 5) is 20.7. The minimum Gasteiger partial charge on any atom is -0.486 e. The fourth-order valence-electron chi connectivity index (χ4n) is 3.72. The lowest BCUT2D eigenvalue weighted by Gasteiger charge is -2.21. The number of aromatic amines is 1. The second kappa shape index (κ2) is 8.81. The van der Waals surface area contributed by atoms with Gasteiger partial charge in [0.1, 0.15) is 19.0 Å². The van der Waals surface area contributed by atoms with Crippen molar-refractivity contribution < 1.29 is 22.7 Å². The number of aromatic nitrogens is 2. The SMILES string of the molecule is CN(CC(=O)Nc1ccccc1-c1nc2ccccc2[nH]1)S(=O)(=O)c1ccc2c(c1)OCCO2. The van der Waals surface area contributed by atoms with Crippen molar-refractivity contribution in [1.29, 1.82) is 0 Å². The molecule has 9 nitrogen and oxygen atoms in total. The number of amides is 1. The van der Waals surface area contributed by atoms with Gasteiger partial charge in [-0.05, 0) is 36.4 Å². The van der Waals surface area contributed by atoms with Crippen LogP contribution in [0.5, 0.6) is 11.5 Å². The van der Waals surface area contributed by atoms with Crippen molar-refractivity contribution in [3.63, 3.8) is 0 Å². The third-order valence-electron chi connectivity index (χ3n) is 5.43. The van der Waals surface area contributed by atoms with E-state index in [-0.39, 0.29) is 11.4 Å². The second-order valence-corrected chi connectivity index (χ2v) is 9.81. The Kier molecular flexibility index (Phi) is 5.68. The summed E-state index contributed by atoms with van der Waals surface area (Å²) in [7, 11) is -2.56. The lowest BCUT2D eigenvalue weighted by Crippen LogP contribution is -2.35. The molecule has 0 atom stereocenters. The number of carbonyl (C=O) groups excluding carboxylic acids is 1. The number of carbonyl (C=O) groups is 1. The van der Waals surface area contributed by atoms with E-state index in [4.69, 9.17) is 9.47 Å². The molecule has 1 aromatic heterocycles. The first-order valence-corrected chi connectivity index (χ1v) is 12.1.